The van der Waals surface area contributed by atoms with Gasteiger partial charge in [-0.2, -0.15) is 18.3 Å². The Morgan fingerprint density at radius 3 is 2.71 bits per heavy atom. The third kappa shape index (κ3) is 3.74. The summed E-state index contributed by atoms with van der Waals surface area (Å²) in [5, 5.41) is 7.45. The predicted molar refractivity (Wildman–Crippen MR) is 83.5 cm³/mol. The number of carbonyl (C=O) groups is 1. The van der Waals surface area contributed by atoms with Crippen LogP contribution in [0.4, 0.5) is 19.0 Å². The van der Waals surface area contributed by atoms with Crippen LogP contribution in [0.1, 0.15) is 38.5 Å². The van der Waals surface area contributed by atoms with Gasteiger partial charge in [0.2, 0.25) is 5.91 Å². The fourth-order valence-electron chi connectivity index (χ4n) is 3.73. The Kier molecular flexibility index (Phi) is 4.85. The number of aromatic nitrogens is 2. The first-order valence-corrected chi connectivity index (χ1v) is 8.48. The van der Waals surface area contributed by atoms with Crippen LogP contribution < -0.4 is 10.2 Å². The molecule has 1 saturated heterocycles. The fourth-order valence-corrected chi connectivity index (χ4v) is 3.73. The zero-order valence-electron chi connectivity index (χ0n) is 13.7. The number of hydrogen-bond donors (Lipinski definition) is 1. The van der Waals surface area contributed by atoms with E-state index in [2.05, 4.69) is 10.4 Å². The molecule has 24 heavy (non-hydrogen) atoms. The van der Waals surface area contributed by atoms with E-state index < -0.39 is 18.1 Å². The molecule has 134 valence electrons. The second-order valence-electron chi connectivity index (χ2n) is 6.80. The van der Waals surface area contributed by atoms with E-state index in [1.807, 2.05) is 0 Å². The molecule has 0 bridgehead atoms. The second kappa shape index (κ2) is 6.74. The van der Waals surface area contributed by atoms with Crippen molar-refractivity contribution in [2.75, 3.05) is 11.4 Å². The summed E-state index contributed by atoms with van der Waals surface area (Å²) >= 11 is 0. The molecule has 1 amide bonds. The Labute approximate surface area is 139 Å². The Morgan fingerprint density at radius 1 is 1.25 bits per heavy atom. The van der Waals surface area contributed by atoms with Gasteiger partial charge in [0.25, 0.3) is 0 Å². The van der Waals surface area contributed by atoms with Gasteiger partial charge in [0.1, 0.15) is 0 Å². The van der Waals surface area contributed by atoms with E-state index in [1.165, 1.54) is 0 Å². The summed E-state index contributed by atoms with van der Waals surface area (Å²) in [6, 6.07) is 1.11. The van der Waals surface area contributed by atoms with Crippen LogP contribution in [0.25, 0.3) is 0 Å². The molecule has 0 spiro atoms. The van der Waals surface area contributed by atoms with Crippen molar-refractivity contribution in [3.63, 3.8) is 0 Å². The van der Waals surface area contributed by atoms with Crippen LogP contribution in [0.15, 0.2) is 12.3 Å². The first-order chi connectivity index (χ1) is 11.3. The Balaban J connectivity index is 1.63. The minimum Gasteiger partial charge on any atom is -0.303 e. The predicted octanol–water partition coefficient (Wildman–Crippen LogP) is 2.63. The highest BCUT2D eigenvalue weighted by Crippen LogP contribution is 2.37. The van der Waals surface area contributed by atoms with E-state index in [0.717, 1.165) is 6.42 Å². The second-order valence-corrected chi connectivity index (χ2v) is 6.80. The van der Waals surface area contributed by atoms with Crippen molar-refractivity contribution in [1.82, 2.24) is 15.1 Å². The van der Waals surface area contributed by atoms with Gasteiger partial charge in [-0.1, -0.05) is 6.42 Å². The van der Waals surface area contributed by atoms with Crippen molar-refractivity contribution < 1.29 is 18.0 Å². The average molecular weight is 344 g/mol. The largest absolute Gasteiger partial charge is 0.391 e. The van der Waals surface area contributed by atoms with Gasteiger partial charge in [-0.3, -0.25) is 14.4 Å². The van der Waals surface area contributed by atoms with Gasteiger partial charge < -0.3 is 5.32 Å². The molecule has 0 unspecified atom stereocenters. The number of halogens is 3. The number of aryl methyl sites for hydroxylation is 1. The van der Waals surface area contributed by atoms with Gasteiger partial charge in [-0.15, -0.1) is 0 Å². The number of nitrogens with one attached hydrogen (secondary N) is 1. The number of anilines is 1. The molecule has 1 N–H and O–H groups in total. The van der Waals surface area contributed by atoms with Crippen molar-refractivity contribution in [1.29, 1.82) is 0 Å². The zero-order valence-corrected chi connectivity index (χ0v) is 13.7. The number of nitrogens with zero attached hydrogens (tertiary/aromatic N) is 3. The summed E-state index contributed by atoms with van der Waals surface area (Å²) in [6.45, 7) is 0.601. The fraction of sp³-hybridized carbons (Fsp3) is 0.750. The molecule has 1 aromatic heterocycles. The number of rotatable bonds is 3. The number of hydrogen-bond acceptors (Lipinski definition) is 3. The molecular weight excluding hydrogens is 321 g/mol. The molecule has 0 radical (unpaired) electrons. The number of alkyl halides is 3. The van der Waals surface area contributed by atoms with E-state index in [1.54, 1.807) is 28.9 Å². The molecule has 2 heterocycles. The van der Waals surface area contributed by atoms with Crippen LogP contribution in [0, 0.1) is 5.92 Å². The van der Waals surface area contributed by atoms with Crippen molar-refractivity contribution in [2.24, 2.45) is 13.0 Å². The van der Waals surface area contributed by atoms with Gasteiger partial charge in [-0.25, -0.2) is 0 Å². The van der Waals surface area contributed by atoms with Crippen LogP contribution in [0.5, 0.6) is 0 Å². The van der Waals surface area contributed by atoms with Gasteiger partial charge in [-0.05, 0) is 32.1 Å². The third-order valence-corrected chi connectivity index (χ3v) is 4.99. The highest BCUT2D eigenvalue weighted by molar-refractivity contribution is 5.97. The summed E-state index contributed by atoms with van der Waals surface area (Å²) in [5.41, 5.74) is 0. The smallest absolute Gasteiger partial charge is 0.303 e. The van der Waals surface area contributed by atoms with E-state index in [9.17, 15) is 18.0 Å². The first-order valence-electron chi connectivity index (χ1n) is 8.48. The molecule has 8 heteroatoms. The molecule has 5 nitrogen and oxygen atoms in total. The Bertz CT molecular complexity index is 586. The standard InChI is InChI=1S/C16H23F3N4O/c1-22-9-7-14(21-22)23-8-3-6-13(15(23)24)20-12-5-2-4-11(10-12)16(17,18)19/h7,9,11-13,20H,2-6,8,10H2,1H3/t11-,12-,13-/m0/s1. The first kappa shape index (κ1) is 17.3. The number of amides is 1. The van der Waals surface area contributed by atoms with Gasteiger partial charge in [0.15, 0.2) is 5.82 Å². The van der Waals surface area contributed by atoms with Crippen molar-refractivity contribution in [3.8, 4) is 0 Å². The normalized spacial score (nSPS) is 29.1. The lowest BCUT2D eigenvalue weighted by atomic mass is 9.84. The minimum atomic E-state index is -4.14. The molecule has 1 aliphatic carbocycles. The van der Waals surface area contributed by atoms with Crippen LogP contribution >= 0.6 is 0 Å². The lowest BCUT2D eigenvalue weighted by Crippen LogP contribution is -2.54. The summed E-state index contributed by atoms with van der Waals surface area (Å²) in [7, 11) is 1.78. The van der Waals surface area contributed by atoms with Crippen molar-refractivity contribution in [2.45, 2.75) is 56.8 Å². The molecule has 1 aliphatic heterocycles. The summed E-state index contributed by atoms with van der Waals surface area (Å²) in [5.74, 6) is -0.741. The van der Waals surface area contributed by atoms with Crippen molar-refractivity contribution >= 4 is 11.7 Å². The molecule has 3 atom stereocenters. The monoisotopic (exact) mass is 344 g/mol. The van der Waals surface area contributed by atoms with E-state index in [0.29, 0.717) is 31.6 Å². The average Bonchev–Trinajstić information content (AvgIpc) is 2.95. The van der Waals surface area contributed by atoms with Gasteiger partial charge in [0, 0.05) is 31.9 Å². The van der Waals surface area contributed by atoms with Crippen LogP contribution in [0.3, 0.4) is 0 Å². The van der Waals surface area contributed by atoms with Crippen LogP contribution in [-0.4, -0.2) is 40.5 Å². The molecule has 1 saturated carbocycles. The van der Waals surface area contributed by atoms with E-state index >= 15 is 0 Å². The molecule has 2 fully saturated rings. The number of carbonyl (C=O) groups excluding carboxylic acids is 1. The summed E-state index contributed by atoms with van der Waals surface area (Å²) in [4.78, 5) is 14.3. The summed E-state index contributed by atoms with van der Waals surface area (Å²) < 4.78 is 40.5. The molecule has 3 rings (SSSR count). The Hall–Kier alpha value is -1.57. The topological polar surface area (TPSA) is 50.2 Å². The minimum absolute atomic E-state index is 0.0663. The maximum atomic E-state index is 12.9. The van der Waals surface area contributed by atoms with Crippen molar-refractivity contribution in [3.05, 3.63) is 12.3 Å². The van der Waals surface area contributed by atoms with Gasteiger partial charge >= 0.3 is 6.18 Å². The van der Waals surface area contributed by atoms with Gasteiger partial charge in [0.05, 0.1) is 12.0 Å². The van der Waals surface area contributed by atoms with E-state index in [4.69, 9.17) is 0 Å². The Morgan fingerprint density at radius 2 is 2.04 bits per heavy atom. The highest BCUT2D eigenvalue weighted by atomic mass is 19.4. The number of piperidine rings is 1. The van der Waals surface area contributed by atoms with E-state index in [-0.39, 0.29) is 24.8 Å². The lowest BCUT2D eigenvalue weighted by molar-refractivity contribution is -0.183. The maximum Gasteiger partial charge on any atom is 0.391 e. The molecule has 0 aromatic carbocycles. The maximum absolute atomic E-state index is 12.9. The summed E-state index contributed by atoms with van der Waals surface area (Å²) in [6.07, 6.45) is 0.611. The molecule has 1 aromatic rings. The lowest BCUT2D eigenvalue weighted by Gasteiger charge is -2.36. The molecule has 2 aliphatic rings. The molecular formula is C16H23F3N4O. The van der Waals surface area contributed by atoms with Crippen LogP contribution in [0.2, 0.25) is 0 Å². The van der Waals surface area contributed by atoms with Crippen LogP contribution in [-0.2, 0) is 11.8 Å². The highest BCUT2D eigenvalue weighted by Gasteiger charge is 2.43. The quantitative estimate of drug-likeness (QED) is 0.917. The third-order valence-electron chi connectivity index (χ3n) is 4.99. The zero-order chi connectivity index (χ0) is 17.3. The SMILES string of the molecule is Cn1ccc(N2CCC[C@H](N[C@H]3CCC[C@H](C(F)(F)F)C3)C2=O)n1.